The SMILES string of the molecule is C#CP(=O)(Nc1ccc(C(=O)N[C@H](C(=O)N[C@@H](CCCNC(N)=O)C(=O)Nc2ccc(COC(=O)Oc3ccc([N+](=O)[O-])cc3)cc2)C(C)C)cc1)OCC. The Balaban J connectivity index is 1.63. The Morgan fingerprint density at radius 1 is 0.927 bits per heavy atom. The van der Waals surface area contributed by atoms with Crippen LogP contribution in [0.4, 0.5) is 26.7 Å². The highest BCUT2D eigenvalue weighted by Crippen LogP contribution is 2.45. The third-order valence-corrected chi connectivity index (χ3v) is 9.08. The molecule has 0 saturated carbocycles. The maximum atomic E-state index is 13.5. The number of nitro benzene ring substituents is 1. The standard InChI is InChI=1S/C36H42N7O11P/c1-5-53-55(51,6-2)42-27-15-11-25(12-16-27)32(44)41-31(23(3)4)34(46)40-30(8-7-21-38-35(37)47)33(45)39-26-13-9-24(10-14-26)22-52-36(48)54-29-19-17-28(18-20-29)43(49)50/h2,9-20,23,30-31H,5,7-8,21-22H2,1,3-4H3,(H,39,45)(H,40,46)(H,41,44)(H,42,51)(H3,37,38,47)/t30-,31-,55?/m0/s1. The van der Waals surface area contributed by atoms with Crippen LogP contribution in [0, 0.1) is 28.1 Å². The van der Waals surface area contributed by atoms with Gasteiger partial charge in [0, 0.05) is 41.3 Å². The van der Waals surface area contributed by atoms with Gasteiger partial charge < -0.3 is 46.1 Å². The van der Waals surface area contributed by atoms with E-state index in [1.165, 1.54) is 48.5 Å². The third kappa shape index (κ3) is 14.1. The van der Waals surface area contributed by atoms with Crippen LogP contribution in [0.15, 0.2) is 72.8 Å². The molecule has 55 heavy (non-hydrogen) atoms. The number of nitrogens with one attached hydrogen (secondary N) is 5. The number of urea groups is 1. The predicted molar refractivity (Wildman–Crippen MR) is 202 cm³/mol. The molecule has 292 valence electrons. The summed E-state index contributed by atoms with van der Waals surface area (Å²) in [7, 11) is -3.56. The van der Waals surface area contributed by atoms with E-state index in [0.717, 1.165) is 0 Å². The lowest BCUT2D eigenvalue weighted by Crippen LogP contribution is -2.54. The van der Waals surface area contributed by atoms with Gasteiger partial charge in [-0.15, -0.1) is 6.42 Å². The number of nitrogens with two attached hydrogens (primary N) is 1. The number of terminal acetylenes is 1. The van der Waals surface area contributed by atoms with E-state index in [-0.39, 0.29) is 49.6 Å². The lowest BCUT2D eigenvalue weighted by atomic mass is 10.0. The second-order valence-electron chi connectivity index (χ2n) is 12.1. The number of primary amides is 1. The number of amides is 5. The molecule has 0 heterocycles. The number of nitro groups is 1. The van der Waals surface area contributed by atoms with E-state index < -0.39 is 60.4 Å². The van der Waals surface area contributed by atoms with E-state index in [9.17, 15) is 38.7 Å². The normalized spacial score (nSPS) is 12.8. The number of benzene rings is 3. The monoisotopic (exact) mass is 779 g/mol. The largest absolute Gasteiger partial charge is 0.514 e. The van der Waals surface area contributed by atoms with Crippen molar-refractivity contribution >= 4 is 54.5 Å². The number of non-ortho nitro benzene ring substituents is 1. The molecule has 0 saturated heterocycles. The minimum atomic E-state index is -3.56. The lowest BCUT2D eigenvalue weighted by molar-refractivity contribution is -0.384. The maximum absolute atomic E-state index is 13.5. The van der Waals surface area contributed by atoms with Crippen LogP contribution in [0.25, 0.3) is 0 Å². The Morgan fingerprint density at radius 2 is 1.56 bits per heavy atom. The first-order chi connectivity index (χ1) is 26.1. The zero-order valence-electron chi connectivity index (χ0n) is 30.2. The molecule has 0 bridgehead atoms. The van der Waals surface area contributed by atoms with Crippen molar-refractivity contribution < 1.29 is 47.5 Å². The van der Waals surface area contributed by atoms with Crippen molar-refractivity contribution in [2.75, 3.05) is 23.6 Å². The summed E-state index contributed by atoms with van der Waals surface area (Å²) in [5, 5.41) is 24.0. The first kappa shape index (κ1) is 43.0. The molecule has 0 fully saturated rings. The number of rotatable bonds is 19. The number of hydrogen-bond acceptors (Lipinski definition) is 11. The second kappa shape index (κ2) is 20.7. The van der Waals surface area contributed by atoms with Crippen LogP contribution in [0.3, 0.4) is 0 Å². The van der Waals surface area contributed by atoms with Gasteiger partial charge in [0.25, 0.3) is 11.6 Å². The number of ether oxygens (including phenoxy) is 2. The van der Waals surface area contributed by atoms with Gasteiger partial charge in [-0.2, -0.15) is 0 Å². The van der Waals surface area contributed by atoms with E-state index >= 15 is 0 Å². The Kier molecular flexibility index (Phi) is 16.2. The summed E-state index contributed by atoms with van der Waals surface area (Å²) in [5.41, 5.74) is 8.53. The quantitative estimate of drug-likeness (QED) is 0.0181. The highest BCUT2D eigenvalue weighted by molar-refractivity contribution is 7.65. The lowest BCUT2D eigenvalue weighted by Gasteiger charge is -2.25. The van der Waals surface area contributed by atoms with Gasteiger partial charge in [-0.3, -0.25) is 29.1 Å². The zero-order valence-corrected chi connectivity index (χ0v) is 31.1. The molecule has 3 rings (SSSR count). The summed E-state index contributed by atoms with van der Waals surface area (Å²) < 4.78 is 27.8. The van der Waals surface area contributed by atoms with Crippen molar-refractivity contribution in [2.45, 2.75) is 52.3 Å². The highest BCUT2D eigenvalue weighted by atomic mass is 31.2. The van der Waals surface area contributed by atoms with Gasteiger partial charge in [-0.1, -0.05) is 26.0 Å². The van der Waals surface area contributed by atoms with Gasteiger partial charge in [-0.25, -0.2) is 9.59 Å². The minimum absolute atomic E-state index is 0.0560. The molecule has 0 aromatic heterocycles. The molecule has 0 radical (unpaired) electrons. The fourth-order valence-corrected chi connectivity index (χ4v) is 5.83. The van der Waals surface area contributed by atoms with E-state index in [1.54, 1.807) is 45.0 Å². The molecule has 3 atom stereocenters. The van der Waals surface area contributed by atoms with Gasteiger partial charge in [0.2, 0.25) is 11.8 Å². The number of anilines is 2. The van der Waals surface area contributed by atoms with Crippen LogP contribution in [0.5, 0.6) is 5.75 Å². The topological polar surface area (TPSA) is 259 Å². The molecule has 0 aliphatic rings. The van der Waals surface area contributed by atoms with E-state index in [1.807, 2.05) is 0 Å². The first-order valence-corrected chi connectivity index (χ1v) is 18.5. The summed E-state index contributed by atoms with van der Waals surface area (Å²) in [4.78, 5) is 73.6. The summed E-state index contributed by atoms with van der Waals surface area (Å²) in [5.74, 6) is -2.15. The minimum Gasteiger partial charge on any atom is -0.429 e. The Bertz CT molecular complexity index is 1920. The molecule has 1 unspecified atom stereocenters. The number of carbonyl (C=O) groups is 5. The molecule has 0 aliphatic carbocycles. The summed E-state index contributed by atoms with van der Waals surface area (Å²) >= 11 is 0. The van der Waals surface area contributed by atoms with Crippen LogP contribution < -0.4 is 36.8 Å². The van der Waals surface area contributed by atoms with Crippen molar-refractivity contribution in [3.8, 4) is 17.8 Å². The van der Waals surface area contributed by atoms with Crippen LogP contribution in [0.2, 0.25) is 0 Å². The van der Waals surface area contributed by atoms with Gasteiger partial charge in [0.05, 0.1) is 11.5 Å². The van der Waals surface area contributed by atoms with Crippen molar-refractivity contribution in [3.63, 3.8) is 0 Å². The van der Waals surface area contributed by atoms with Crippen molar-refractivity contribution in [2.24, 2.45) is 11.7 Å². The van der Waals surface area contributed by atoms with Gasteiger partial charge >= 0.3 is 19.7 Å². The number of hydrogen-bond donors (Lipinski definition) is 6. The van der Waals surface area contributed by atoms with Gasteiger partial charge in [0.1, 0.15) is 24.4 Å². The van der Waals surface area contributed by atoms with E-state index in [4.69, 9.17) is 26.2 Å². The Hall–Kier alpha value is -6.44. The molecule has 0 aliphatic heterocycles. The molecule has 5 amide bonds. The molecule has 19 heteroatoms. The fraction of sp³-hybridized carbons (Fsp3) is 0.306. The second-order valence-corrected chi connectivity index (χ2v) is 13.9. The van der Waals surface area contributed by atoms with Crippen molar-refractivity contribution in [1.29, 1.82) is 0 Å². The molecule has 0 spiro atoms. The van der Waals surface area contributed by atoms with Crippen LogP contribution in [-0.4, -0.2) is 60.1 Å². The first-order valence-electron chi connectivity index (χ1n) is 16.9. The Morgan fingerprint density at radius 3 is 2.13 bits per heavy atom. The van der Waals surface area contributed by atoms with Crippen LogP contribution in [0.1, 0.15) is 49.5 Å². The van der Waals surface area contributed by atoms with Crippen molar-refractivity contribution in [1.82, 2.24) is 16.0 Å². The summed E-state index contributed by atoms with van der Waals surface area (Å²) in [6, 6.07) is 14.1. The number of nitrogens with zero attached hydrogens (tertiary/aromatic N) is 1. The maximum Gasteiger partial charge on any atom is 0.514 e. The molecule has 3 aromatic carbocycles. The smallest absolute Gasteiger partial charge is 0.429 e. The van der Waals surface area contributed by atoms with E-state index in [2.05, 4.69) is 32.0 Å². The molecule has 7 N–H and O–H groups in total. The molecule has 18 nitrogen and oxygen atoms in total. The predicted octanol–water partition coefficient (Wildman–Crippen LogP) is 4.87. The summed E-state index contributed by atoms with van der Waals surface area (Å²) in [6.45, 7) is 5.16. The number of carbonyl (C=O) groups excluding carboxylic acids is 5. The third-order valence-electron chi connectivity index (χ3n) is 7.57. The van der Waals surface area contributed by atoms with Crippen LogP contribution >= 0.6 is 7.52 Å². The molecular weight excluding hydrogens is 737 g/mol. The Labute approximate surface area is 316 Å². The molecule has 3 aromatic rings. The fourth-order valence-electron chi connectivity index (χ4n) is 4.77. The van der Waals surface area contributed by atoms with Gasteiger partial charge in [-0.05, 0) is 79.8 Å². The van der Waals surface area contributed by atoms with Gasteiger partial charge in [0.15, 0.2) is 0 Å². The van der Waals surface area contributed by atoms with Crippen LogP contribution in [-0.2, 0) is 30.0 Å². The average molecular weight is 780 g/mol. The average Bonchev–Trinajstić information content (AvgIpc) is 3.14. The summed E-state index contributed by atoms with van der Waals surface area (Å²) in [6.07, 6.45) is 4.67. The molecular formula is C36H42N7O11P. The zero-order chi connectivity index (χ0) is 40.5. The van der Waals surface area contributed by atoms with E-state index in [0.29, 0.717) is 16.9 Å². The highest BCUT2D eigenvalue weighted by Gasteiger charge is 2.29. The van der Waals surface area contributed by atoms with Crippen molar-refractivity contribution in [3.05, 3.63) is 94.0 Å².